The van der Waals surface area contributed by atoms with E-state index in [0.717, 1.165) is 6.07 Å². The summed E-state index contributed by atoms with van der Waals surface area (Å²) in [4.78, 5) is 0. The van der Waals surface area contributed by atoms with Crippen LogP contribution < -0.4 is 5.01 Å². The zero-order valence-electron chi connectivity index (χ0n) is 11.9. The van der Waals surface area contributed by atoms with Gasteiger partial charge in [0.15, 0.2) is 0 Å². The normalized spacial score (nSPS) is 21.8. The number of benzene rings is 1. The van der Waals surface area contributed by atoms with Crippen LogP contribution in [0.4, 0.5) is 27.6 Å². The minimum absolute atomic E-state index is 0.0369. The second-order valence-electron chi connectivity index (χ2n) is 5.71. The third-order valence-electron chi connectivity index (χ3n) is 4.21. The van der Waals surface area contributed by atoms with Crippen molar-refractivity contribution in [3.8, 4) is 0 Å². The van der Waals surface area contributed by atoms with Crippen molar-refractivity contribution in [2.75, 3.05) is 18.6 Å². The van der Waals surface area contributed by atoms with Crippen LogP contribution >= 0.6 is 0 Å². The number of hydrazine groups is 1. The Labute approximate surface area is 124 Å². The van der Waals surface area contributed by atoms with Gasteiger partial charge in [-0.15, -0.1) is 0 Å². The van der Waals surface area contributed by atoms with Crippen LogP contribution in [0.15, 0.2) is 36.0 Å². The fourth-order valence-electron chi connectivity index (χ4n) is 3.07. The van der Waals surface area contributed by atoms with Gasteiger partial charge in [-0.05, 0) is 18.2 Å². The summed E-state index contributed by atoms with van der Waals surface area (Å²) >= 11 is 0. The van der Waals surface area contributed by atoms with Gasteiger partial charge in [-0.3, -0.25) is 10.0 Å². The highest BCUT2D eigenvalue weighted by molar-refractivity contribution is 5.56. The van der Waals surface area contributed by atoms with Crippen molar-refractivity contribution >= 4 is 5.69 Å². The summed E-state index contributed by atoms with van der Waals surface area (Å²) in [6.07, 6.45) is -3.20. The number of rotatable bonds is 2. The molecule has 0 saturated heterocycles. The molecule has 1 fully saturated rings. The van der Waals surface area contributed by atoms with Crippen molar-refractivity contribution < 1.29 is 22.0 Å². The third-order valence-corrected chi connectivity index (χ3v) is 4.21. The predicted molar refractivity (Wildman–Crippen MR) is 72.3 cm³/mol. The van der Waals surface area contributed by atoms with Gasteiger partial charge in [0.2, 0.25) is 5.92 Å². The Balaban J connectivity index is 1.82. The Hall–Kier alpha value is -1.79. The van der Waals surface area contributed by atoms with Gasteiger partial charge >= 0.3 is 6.18 Å². The molecule has 1 aliphatic carbocycles. The molecule has 0 aromatic heterocycles. The Morgan fingerprint density at radius 3 is 2.36 bits per heavy atom. The van der Waals surface area contributed by atoms with E-state index >= 15 is 0 Å². The van der Waals surface area contributed by atoms with Gasteiger partial charge < -0.3 is 0 Å². The Kier molecular flexibility index (Phi) is 3.34. The Morgan fingerprint density at radius 1 is 1.14 bits per heavy atom. The molecular weight excluding hydrogens is 303 g/mol. The lowest BCUT2D eigenvalue weighted by molar-refractivity contribution is -0.137. The number of anilines is 1. The molecule has 0 atom stereocenters. The summed E-state index contributed by atoms with van der Waals surface area (Å²) in [6, 6.07) is 5.29. The van der Waals surface area contributed by atoms with Crippen LogP contribution in [0.25, 0.3) is 0 Å². The third kappa shape index (κ3) is 2.53. The number of para-hydroxylation sites is 1. The molecule has 3 rings (SSSR count). The second kappa shape index (κ2) is 4.86. The van der Waals surface area contributed by atoms with Crippen molar-refractivity contribution in [3.63, 3.8) is 0 Å². The predicted octanol–water partition coefficient (Wildman–Crippen LogP) is 4.30. The van der Waals surface area contributed by atoms with E-state index in [0.29, 0.717) is 5.70 Å². The van der Waals surface area contributed by atoms with E-state index in [2.05, 4.69) is 0 Å². The fraction of sp³-hybridized carbons (Fsp3) is 0.467. The average molecular weight is 318 g/mol. The molecule has 1 aromatic carbocycles. The SMILES string of the molecule is CN1C(C2CC(F)(F)C2)=CCN1c1ccccc1C(F)(F)F. The highest BCUT2D eigenvalue weighted by Gasteiger charge is 2.49. The van der Waals surface area contributed by atoms with E-state index in [1.807, 2.05) is 0 Å². The van der Waals surface area contributed by atoms with Gasteiger partial charge in [-0.1, -0.05) is 12.1 Å². The Morgan fingerprint density at radius 2 is 1.77 bits per heavy atom. The first-order chi connectivity index (χ1) is 10.2. The number of allylic oxidation sites excluding steroid dienone is 1. The van der Waals surface area contributed by atoms with Crippen molar-refractivity contribution in [2.24, 2.45) is 5.92 Å². The van der Waals surface area contributed by atoms with Gasteiger partial charge in [0.05, 0.1) is 17.8 Å². The van der Waals surface area contributed by atoms with E-state index < -0.39 is 17.7 Å². The average Bonchev–Trinajstić information content (AvgIpc) is 2.76. The van der Waals surface area contributed by atoms with Crippen LogP contribution in [0.3, 0.4) is 0 Å². The molecule has 0 radical (unpaired) electrons. The van der Waals surface area contributed by atoms with Gasteiger partial charge in [0.1, 0.15) is 0 Å². The van der Waals surface area contributed by atoms with Crippen LogP contribution in [-0.4, -0.2) is 24.5 Å². The minimum atomic E-state index is -4.45. The van der Waals surface area contributed by atoms with Crippen molar-refractivity contribution in [2.45, 2.75) is 24.9 Å². The maximum absolute atomic E-state index is 13.1. The molecule has 0 amide bonds. The summed E-state index contributed by atoms with van der Waals surface area (Å²) in [5, 5.41) is 3.03. The van der Waals surface area contributed by atoms with Crippen LogP contribution in [-0.2, 0) is 6.18 Å². The maximum atomic E-state index is 13.1. The Bertz CT molecular complexity index is 600. The zero-order valence-corrected chi connectivity index (χ0v) is 11.9. The van der Waals surface area contributed by atoms with E-state index in [4.69, 9.17) is 0 Å². The first-order valence-electron chi connectivity index (χ1n) is 6.94. The smallest absolute Gasteiger partial charge is 0.292 e. The number of hydrogen-bond acceptors (Lipinski definition) is 2. The summed E-state index contributed by atoms with van der Waals surface area (Å²) in [7, 11) is 1.61. The largest absolute Gasteiger partial charge is 0.418 e. The molecule has 0 bridgehead atoms. The molecule has 1 saturated carbocycles. The number of hydrogen-bond donors (Lipinski definition) is 0. The second-order valence-corrected chi connectivity index (χ2v) is 5.71. The van der Waals surface area contributed by atoms with Gasteiger partial charge in [-0.25, -0.2) is 8.78 Å². The topological polar surface area (TPSA) is 6.48 Å². The molecule has 2 aliphatic rings. The lowest BCUT2D eigenvalue weighted by Gasteiger charge is -2.40. The van der Waals surface area contributed by atoms with Crippen molar-refractivity contribution in [1.29, 1.82) is 0 Å². The van der Waals surface area contributed by atoms with Crippen LogP contribution in [0.5, 0.6) is 0 Å². The van der Waals surface area contributed by atoms with E-state index in [-0.39, 0.29) is 31.0 Å². The summed E-state index contributed by atoms with van der Waals surface area (Å²) in [5.74, 6) is -2.94. The van der Waals surface area contributed by atoms with Crippen molar-refractivity contribution in [3.05, 3.63) is 41.6 Å². The zero-order chi connectivity index (χ0) is 16.1. The van der Waals surface area contributed by atoms with Gasteiger partial charge in [-0.2, -0.15) is 13.2 Å². The van der Waals surface area contributed by atoms with Crippen LogP contribution in [0.2, 0.25) is 0 Å². The molecule has 1 heterocycles. The molecule has 120 valence electrons. The monoisotopic (exact) mass is 318 g/mol. The first-order valence-corrected chi connectivity index (χ1v) is 6.94. The maximum Gasteiger partial charge on any atom is 0.418 e. The number of nitrogens with zero attached hydrogens (tertiary/aromatic N) is 2. The fourth-order valence-corrected chi connectivity index (χ4v) is 3.07. The number of halogens is 5. The minimum Gasteiger partial charge on any atom is -0.292 e. The van der Waals surface area contributed by atoms with E-state index in [1.54, 1.807) is 18.1 Å². The molecule has 1 aliphatic heterocycles. The molecular formula is C15H15F5N2. The highest BCUT2D eigenvalue weighted by Crippen LogP contribution is 2.48. The van der Waals surface area contributed by atoms with E-state index in [9.17, 15) is 22.0 Å². The molecule has 2 nitrogen and oxygen atoms in total. The van der Waals surface area contributed by atoms with Crippen LogP contribution in [0.1, 0.15) is 18.4 Å². The van der Waals surface area contributed by atoms with E-state index in [1.165, 1.54) is 23.2 Å². The standard InChI is InChI=1S/C15H15F5N2/c1-21-12(10-8-14(16,17)9-10)6-7-22(21)13-5-3-2-4-11(13)15(18,19)20/h2-6,10H,7-9H2,1H3. The van der Waals surface area contributed by atoms with Gasteiger partial charge in [0, 0.05) is 31.5 Å². The molecule has 7 heteroatoms. The lowest BCUT2D eigenvalue weighted by Crippen LogP contribution is -2.43. The molecule has 1 aromatic rings. The van der Waals surface area contributed by atoms with Gasteiger partial charge in [0.25, 0.3) is 0 Å². The molecule has 0 N–H and O–H groups in total. The number of alkyl halides is 5. The van der Waals surface area contributed by atoms with Crippen molar-refractivity contribution in [1.82, 2.24) is 5.01 Å². The first kappa shape index (κ1) is 15.1. The lowest BCUT2D eigenvalue weighted by atomic mass is 9.79. The molecule has 0 unspecified atom stereocenters. The molecule has 0 spiro atoms. The summed E-state index contributed by atoms with van der Waals surface area (Å²) < 4.78 is 65.3. The summed E-state index contributed by atoms with van der Waals surface area (Å²) in [6.45, 7) is 0.251. The molecule has 22 heavy (non-hydrogen) atoms. The highest BCUT2D eigenvalue weighted by atomic mass is 19.4. The quantitative estimate of drug-likeness (QED) is 0.750. The summed E-state index contributed by atoms with van der Waals surface area (Å²) in [5.41, 5.74) is -0.0202. The van der Waals surface area contributed by atoms with Crippen LogP contribution in [0, 0.1) is 5.92 Å².